The van der Waals surface area contributed by atoms with E-state index in [0.717, 1.165) is 24.0 Å². The highest BCUT2D eigenvalue weighted by atomic mass is 16.5. The Morgan fingerprint density at radius 1 is 1.35 bits per heavy atom. The molecule has 2 N–H and O–H groups in total. The lowest BCUT2D eigenvalue weighted by molar-refractivity contribution is 0.317. The van der Waals surface area contributed by atoms with Crippen LogP contribution in [0.1, 0.15) is 18.1 Å². The first kappa shape index (κ1) is 14.6. The fourth-order valence-corrected chi connectivity index (χ4v) is 2.30. The van der Waals surface area contributed by atoms with Gasteiger partial charge in [-0.2, -0.15) is 0 Å². The molecule has 2 rings (SSSR count). The van der Waals surface area contributed by atoms with Crippen molar-refractivity contribution in [3.63, 3.8) is 0 Å². The van der Waals surface area contributed by atoms with Crippen molar-refractivity contribution in [1.82, 2.24) is 9.88 Å². The molecule has 0 aliphatic heterocycles. The molecule has 0 bridgehead atoms. The molecule has 0 spiro atoms. The Balaban J connectivity index is 2.18. The van der Waals surface area contributed by atoms with E-state index in [-0.39, 0.29) is 0 Å². The fourth-order valence-electron chi connectivity index (χ4n) is 2.30. The predicted octanol–water partition coefficient (Wildman–Crippen LogP) is 2.83. The van der Waals surface area contributed by atoms with Gasteiger partial charge in [0.05, 0.1) is 6.61 Å². The van der Waals surface area contributed by atoms with E-state index in [0.29, 0.717) is 18.9 Å². The Morgan fingerprint density at radius 3 is 2.85 bits per heavy atom. The zero-order valence-electron chi connectivity index (χ0n) is 12.5. The van der Waals surface area contributed by atoms with Crippen molar-refractivity contribution in [2.24, 2.45) is 0 Å². The lowest BCUT2D eigenvalue weighted by atomic mass is 10.1. The first-order valence-corrected chi connectivity index (χ1v) is 7.04. The van der Waals surface area contributed by atoms with Crippen molar-refractivity contribution >= 4 is 16.8 Å². The second-order valence-corrected chi connectivity index (χ2v) is 5.28. The van der Waals surface area contributed by atoms with E-state index in [1.807, 2.05) is 6.92 Å². The number of H-pyrrole nitrogens is 1. The third-order valence-corrected chi connectivity index (χ3v) is 3.34. The number of nitrogens with zero attached hydrogens (tertiary/aromatic N) is 1. The quantitative estimate of drug-likeness (QED) is 0.628. The second kappa shape index (κ2) is 6.57. The van der Waals surface area contributed by atoms with Gasteiger partial charge in [-0.05, 0) is 50.7 Å². The summed E-state index contributed by atoms with van der Waals surface area (Å²) in [5, 5.41) is 9.01. The summed E-state index contributed by atoms with van der Waals surface area (Å²) in [6, 6.07) is 6.32. The molecular weight excluding hydrogens is 250 g/mol. The summed E-state index contributed by atoms with van der Waals surface area (Å²) in [4.78, 5) is 5.50. The standard InChI is InChI=1S/C16H23N3O/c1-4-20-16(17)10-12-5-6-15-14(9-12)13(11-18-15)7-8-19(2)3/h5-6,9,11,17-18H,4,7-8,10H2,1-3H3. The van der Waals surface area contributed by atoms with Gasteiger partial charge in [0.25, 0.3) is 0 Å². The van der Waals surface area contributed by atoms with Gasteiger partial charge in [-0.25, -0.2) is 0 Å². The number of benzene rings is 1. The van der Waals surface area contributed by atoms with Crippen LogP contribution in [0.15, 0.2) is 24.4 Å². The molecule has 0 amide bonds. The molecule has 0 aliphatic carbocycles. The van der Waals surface area contributed by atoms with E-state index in [2.05, 4.69) is 48.4 Å². The minimum atomic E-state index is 0.331. The number of likely N-dealkylation sites (N-methyl/N-ethyl adjacent to an activating group) is 1. The number of fused-ring (bicyclic) bond motifs is 1. The third kappa shape index (κ3) is 3.61. The van der Waals surface area contributed by atoms with Crippen LogP contribution in [0, 0.1) is 5.41 Å². The van der Waals surface area contributed by atoms with Crippen LogP contribution in [0.2, 0.25) is 0 Å². The van der Waals surface area contributed by atoms with Gasteiger partial charge in [-0.3, -0.25) is 5.41 Å². The summed E-state index contributed by atoms with van der Waals surface area (Å²) >= 11 is 0. The number of nitrogens with one attached hydrogen (secondary N) is 2. The van der Waals surface area contributed by atoms with Gasteiger partial charge in [-0.1, -0.05) is 6.07 Å². The van der Waals surface area contributed by atoms with Crippen molar-refractivity contribution < 1.29 is 4.74 Å². The Bertz CT molecular complexity index is 586. The van der Waals surface area contributed by atoms with Gasteiger partial charge in [0.1, 0.15) is 0 Å². The van der Waals surface area contributed by atoms with E-state index < -0.39 is 0 Å². The second-order valence-electron chi connectivity index (χ2n) is 5.28. The smallest absolute Gasteiger partial charge is 0.184 e. The highest BCUT2D eigenvalue weighted by Crippen LogP contribution is 2.21. The van der Waals surface area contributed by atoms with Crippen molar-refractivity contribution in [3.05, 3.63) is 35.5 Å². The van der Waals surface area contributed by atoms with Gasteiger partial charge in [0.2, 0.25) is 0 Å². The molecule has 0 unspecified atom stereocenters. The number of aromatic amines is 1. The van der Waals surface area contributed by atoms with Crippen molar-refractivity contribution in [1.29, 1.82) is 5.41 Å². The van der Waals surface area contributed by atoms with Crippen LogP contribution >= 0.6 is 0 Å². The average Bonchev–Trinajstić information content (AvgIpc) is 2.79. The molecule has 1 heterocycles. The van der Waals surface area contributed by atoms with E-state index in [4.69, 9.17) is 10.1 Å². The first-order valence-electron chi connectivity index (χ1n) is 7.04. The number of ether oxygens (including phenoxy) is 1. The molecule has 4 heteroatoms. The minimum Gasteiger partial charge on any atom is -0.481 e. The Morgan fingerprint density at radius 2 is 2.15 bits per heavy atom. The normalized spacial score (nSPS) is 11.2. The number of hydrogen-bond acceptors (Lipinski definition) is 3. The summed E-state index contributed by atoms with van der Waals surface area (Å²) in [5.41, 5.74) is 3.62. The largest absolute Gasteiger partial charge is 0.481 e. The molecule has 1 aromatic heterocycles. The van der Waals surface area contributed by atoms with E-state index >= 15 is 0 Å². The van der Waals surface area contributed by atoms with Crippen molar-refractivity contribution in [2.45, 2.75) is 19.8 Å². The highest BCUT2D eigenvalue weighted by molar-refractivity contribution is 5.85. The fraction of sp³-hybridized carbons (Fsp3) is 0.438. The van der Waals surface area contributed by atoms with Crippen molar-refractivity contribution in [2.75, 3.05) is 27.2 Å². The molecule has 0 saturated heterocycles. The topological polar surface area (TPSA) is 52.1 Å². The molecule has 0 atom stereocenters. The summed E-state index contributed by atoms with van der Waals surface area (Å²) in [7, 11) is 4.17. The molecule has 20 heavy (non-hydrogen) atoms. The van der Waals surface area contributed by atoms with E-state index in [9.17, 15) is 0 Å². The number of hydrogen-bond donors (Lipinski definition) is 2. The molecule has 4 nitrogen and oxygen atoms in total. The zero-order valence-corrected chi connectivity index (χ0v) is 12.5. The monoisotopic (exact) mass is 273 g/mol. The highest BCUT2D eigenvalue weighted by Gasteiger charge is 2.07. The van der Waals surface area contributed by atoms with Crippen LogP contribution in [-0.2, 0) is 17.6 Å². The molecule has 0 saturated carbocycles. The maximum Gasteiger partial charge on any atom is 0.184 e. The Kier molecular flexibility index (Phi) is 4.79. The Labute approximate surface area is 120 Å². The zero-order chi connectivity index (χ0) is 14.5. The van der Waals surface area contributed by atoms with Crippen LogP contribution in [-0.4, -0.2) is 43.0 Å². The molecular formula is C16H23N3O. The van der Waals surface area contributed by atoms with E-state index in [1.165, 1.54) is 10.9 Å². The number of aromatic nitrogens is 1. The summed E-state index contributed by atoms with van der Waals surface area (Å²) in [6.45, 7) is 3.49. The first-order chi connectivity index (χ1) is 9.60. The summed E-state index contributed by atoms with van der Waals surface area (Å²) in [6.07, 6.45) is 3.67. The molecule has 0 radical (unpaired) electrons. The van der Waals surface area contributed by atoms with Crippen LogP contribution < -0.4 is 0 Å². The molecule has 0 aliphatic rings. The van der Waals surface area contributed by atoms with Gasteiger partial charge >= 0.3 is 0 Å². The van der Waals surface area contributed by atoms with Gasteiger partial charge in [-0.15, -0.1) is 0 Å². The number of rotatable bonds is 6. The maximum absolute atomic E-state index is 7.75. The predicted molar refractivity (Wildman–Crippen MR) is 83.6 cm³/mol. The maximum atomic E-state index is 7.75. The van der Waals surface area contributed by atoms with Crippen LogP contribution in [0.5, 0.6) is 0 Å². The molecule has 108 valence electrons. The average molecular weight is 273 g/mol. The lowest BCUT2D eigenvalue weighted by Crippen LogP contribution is -2.14. The molecule has 0 fully saturated rings. The molecule has 2 aromatic rings. The van der Waals surface area contributed by atoms with E-state index in [1.54, 1.807) is 0 Å². The summed E-state index contributed by atoms with van der Waals surface area (Å²) < 4.78 is 5.22. The SMILES string of the molecule is CCOC(=N)Cc1ccc2[nH]cc(CCN(C)C)c2c1. The third-order valence-electron chi connectivity index (χ3n) is 3.34. The van der Waals surface area contributed by atoms with Gasteiger partial charge in [0.15, 0.2) is 5.90 Å². The minimum absolute atomic E-state index is 0.331. The summed E-state index contributed by atoms with van der Waals surface area (Å²) in [5.74, 6) is 0.331. The van der Waals surface area contributed by atoms with Crippen LogP contribution in [0.4, 0.5) is 0 Å². The molecule has 1 aromatic carbocycles. The Hall–Kier alpha value is -1.81. The van der Waals surface area contributed by atoms with Gasteiger partial charge in [0, 0.05) is 30.1 Å². The van der Waals surface area contributed by atoms with Crippen LogP contribution in [0.3, 0.4) is 0 Å². The van der Waals surface area contributed by atoms with Crippen LogP contribution in [0.25, 0.3) is 10.9 Å². The van der Waals surface area contributed by atoms with Crippen molar-refractivity contribution in [3.8, 4) is 0 Å². The van der Waals surface area contributed by atoms with Gasteiger partial charge < -0.3 is 14.6 Å². The lowest BCUT2D eigenvalue weighted by Gasteiger charge is -2.09.